The quantitative estimate of drug-likeness (QED) is 0.415. The molecule has 2 aromatic carbocycles. The van der Waals surface area contributed by atoms with Gasteiger partial charge in [0.25, 0.3) is 5.91 Å². The summed E-state index contributed by atoms with van der Waals surface area (Å²) in [5.74, 6) is 1.66. The van der Waals surface area contributed by atoms with Crippen LogP contribution < -0.4 is 5.32 Å². The van der Waals surface area contributed by atoms with Gasteiger partial charge in [-0.15, -0.1) is 11.8 Å². The zero-order chi connectivity index (χ0) is 18.2. The normalized spacial score (nSPS) is 10.9. The van der Waals surface area contributed by atoms with Crippen LogP contribution in [-0.2, 0) is 5.75 Å². The predicted octanol–water partition coefficient (Wildman–Crippen LogP) is 6.16. The molecule has 0 aliphatic heterocycles. The lowest BCUT2D eigenvalue weighted by atomic mass is 10.2. The zero-order valence-electron chi connectivity index (χ0n) is 14.2. The van der Waals surface area contributed by atoms with Crippen LogP contribution >= 0.6 is 46.7 Å². The number of carbonyl (C=O) groups excluding carboxylic acids is 1. The Kier molecular flexibility index (Phi) is 8.50. The maximum Gasteiger partial charge on any atom is 0.252 e. The van der Waals surface area contributed by atoms with Crippen LogP contribution in [-0.4, -0.2) is 23.5 Å². The lowest BCUT2D eigenvalue weighted by Crippen LogP contribution is -2.26. The Bertz CT molecular complexity index is 722. The molecule has 25 heavy (non-hydrogen) atoms. The van der Waals surface area contributed by atoms with Gasteiger partial charge in [0.1, 0.15) is 0 Å². The number of rotatable bonds is 8. The molecular weight excluding hydrogens is 393 g/mol. The van der Waals surface area contributed by atoms with E-state index in [4.69, 9.17) is 23.2 Å². The van der Waals surface area contributed by atoms with Gasteiger partial charge in [-0.25, -0.2) is 0 Å². The smallest absolute Gasteiger partial charge is 0.252 e. The van der Waals surface area contributed by atoms with Crippen molar-refractivity contribution in [2.24, 2.45) is 0 Å². The topological polar surface area (TPSA) is 29.1 Å². The summed E-state index contributed by atoms with van der Waals surface area (Å²) in [5.41, 5.74) is 1.88. The van der Waals surface area contributed by atoms with Crippen LogP contribution in [0, 0.1) is 0 Å². The fourth-order valence-corrected chi connectivity index (χ4v) is 4.24. The van der Waals surface area contributed by atoms with Gasteiger partial charge in [-0.1, -0.05) is 55.2 Å². The highest BCUT2D eigenvalue weighted by atomic mass is 35.5. The number of carbonyl (C=O) groups is 1. The minimum atomic E-state index is -0.0149. The molecule has 6 heteroatoms. The fraction of sp³-hybridized carbons (Fsp3) is 0.316. The number of benzene rings is 2. The Morgan fingerprint density at radius 2 is 1.88 bits per heavy atom. The zero-order valence-corrected chi connectivity index (χ0v) is 17.4. The van der Waals surface area contributed by atoms with Crippen LogP contribution in [0.15, 0.2) is 47.4 Å². The summed E-state index contributed by atoms with van der Waals surface area (Å²) < 4.78 is 0. The van der Waals surface area contributed by atoms with Gasteiger partial charge < -0.3 is 5.32 Å². The molecule has 1 N–H and O–H groups in total. The van der Waals surface area contributed by atoms with E-state index >= 15 is 0 Å². The van der Waals surface area contributed by atoms with Gasteiger partial charge in [0.2, 0.25) is 0 Å². The van der Waals surface area contributed by atoms with E-state index in [0.717, 1.165) is 27.5 Å². The summed E-state index contributed by atoms with van der Waals surface area (Å²) in [6.07, 6.45) is 0. The van der Waals surface area contributed by atoms with Crippen molar-refractivity contribution in [3.05, 3.63) is 63.6 Å². The highest BCUT2D eigenvalue weighted by Gasteiger charge is 2.11. The van der Waals surface area contributed by atoms with Crippen LogP contribution in [0.25, 0.3) is 0 Å². The van der Waals surface area contributed by atoms with Crippen LogP contribution in [0.1, 0.15) is 29.8 Å². The van der Waals surface area contributed by atoms with Crippen molar-refractivity contribution in [3.63, 3.8) is 0 Å². The molecule has 2 rings (SSSR count). The van der Waals surface area contributed by atoms with E-state index in [9.17, 15) is 4.79 Å². The van der Waals surface area contributed by atoms with Crippen molar-refractivity contribution in [3.8, 4) is 0 Å². The highest BCUT2D eigenvalue weighted by Crippen LogP contribution is 2.27. The molecular formula is C19H21Cl2NOS2. The third kappa shape index (κ3) is 6.78. The summed E-state index contributed by atoms with van der Waals surface area (Å²) in [6, 6.07) is 13.4. The number of nitrogens with one attached hydrogen (secondary N) is 1. The molecule has 2 aromatic rings. The number of halogens is 2. The second-order valence-electron chi connectivity index (χ2n) is 5.72. The third-order valence-corrected chi connectivity index (χ3v) is 6.13. The van der Waals surface area contributed by atoms with Gasteiger partial charge in [-0.2, -0.15) is 11.8 Å². The summed E-state index contributed by atoms with van der Waals surface area (Å²) in [7, 11) is 0. The van der Waals surface area contributed by atoms with E-state index in [0.29, 0.717) is 21.8 Å². The standard InChI is InChI=1S/C19H21Cl2NOS2/c1-13(2)25-18-6-4-3-5-15(18)19(23)22-9-10-24-12-14-7-8-16(20)17(21)11-14/h3-8,11,13H,9-10,12H2,1-2H3,(H,22,23). The van der Waals surface area contributed by atoms with E-state index in [-0.39, 0.29) is 5.91 Å². The second-order valence-corrected chi connectivity index (χ2v) is 9.26. The fourth-order valence-electron chi connectivity index (χ4n) is 2.16. The Labute approximate surface area is 168 Å². The van der Waals surface area contributed by atoms with Gasteiger partial charge in [0.15, 0.2) is 0 Å². The molecule has 0 radical (unpaired) electrons. The lowest BCUT2D eigenvalue weighted by molar-refractivity contribution is 0.0953. The van der Waals surface area contributed by atoms with Crippen molar-refractivity contribution in [2.45, 2.75) is 29.7 Å². The van der Waals surface area contributed by atoms with E-state index in [1.54, 1.807) is 23.5 Å². The molecule has 0 heterocycles. The van der Waals surface area contributed by atoms with Crippen molar-refractivity contribution >= 4 is 52.6 Å². The number of thioether (sulfide) groups is 2. The Balaban J connectivity index is 1.78. The average Bonchev–Trinajstić information content (AvgIpc) is 2.57. The Morgan fingerprint density at radius 3 is 2.60 bits per heavy atom. The highest BCUT2D eigenvalue weighted by molar-refractivity contribution is 8.00. The molecule has 0 atom stereocenters. The molecule has 0 unspecified atom stereocenters. The predicted molar refractivity (Wildman–Crippen MR) is 112 cm³/mol. The van der Waals surface area contributed by atoms with Crippen LogP contribution in [0.2, 0.25) is 10.0 Å². The molecule has 2 nitrogen and oxygen atoms in total. The molecule has 0 aliphatic rings. The molecule has 0 aliphatic carbocycles. The lowest BCUT2D eigenvalue weighted by Gasteiger charge is -2.11. The monoisotopic (exact) mass is 413 g/mol. The van der Waals surface area contributed by atoms with Crippen LogP contribution in [0.4, 0.5) is 0 Å². The summed E-state index contributed by atoms with van der Waals surface area (Å²) >= 11 is 15.4. The minimum absolute atomic E-state index is 0.0149. The van der Waals surface area contributed by atoms with Crippen LogP contribution in [0.3, 0.4) is 0 Å². The Hall–Kier alpha value is -0.810. The van der Waals surface area contributed by atoms with Crippen molar-refractivity contribution in [1.29, 1.82) is 0 Å². The molecule has 0 bridgehead atoms. The van der Waals surface area contributed by atoms with E-state index < -0.39 is 0 Å². The summed E-state index contributed by atoms with van der Waals surface area (Å²) in [4.78, 5) is 13.4. The maximum absolute atomic E-state index is 12.4. The van der Waals surface area contributed by atoms with E-state index in [1.807, 2.05) is 42.5 Å². The first kappa shape index (κ1) is 20.5. The van der Waals surface area contributed by atoms with Crippen molar-refractivity contribution in [1.82, 2.24) is 5.32 Å². The van der Waals surface area contributed by atoms with Gasteiger partial charge in [0.05, 0.1) is 15.6 Å². The van der Waals surface area contributed by atoms with Gasteiger partial charge in [-0.05, 0) is 29.8 Å². The summed E-state index contributed by atoms with van der Waals surface area (Å²) in [6.45, 7) is 4.88. The van der Waals surface area contributed by atoms with Gasteiger partial charge >= 0.3 is 0 Å². The average molecular weight is 414 g/mol. The third-order valence-electron chi connectivity index (χ3n) is 3.28. The number of hydrogen-bond acceptors (Lipinski definition) is 3. The number of amides is 1. The summed E-state index contributed by atoms with van der Waals surface area (Å²) in [5, 5.41) is 4.59. The largest absolute Gasteiger partial charge is 0.351 e. The molecule has 134 valence electrons. The second kappa shape index (κ2) is 10.4. The van der Waals surface area contributed by atoms with Crippen molar-refractivity contribution in [2.75, 3.05) is 12.3 Å². The molecule has 0 fully saturated rings. The first-order valence-electron chi connectivity index (χ1n) is 8.03. The van der Waals surface area contributed by atoms with E-state index in [2.05, 4.69) is 19.2 Å². The Morgan fingerprint density at radius 1 is 1.12 bits per heavy atom. The minimum Gasteiger partial charge on any atom is -0.351 e. The van der Waals surface area contributed by atoms with Crippen molar-refractivity contribution < 1.29 is 4.79 Å². The first-order valence-corrected chi connectivity index (χ1v) is 10.8. The van der Waals surface area contributed by atoms with Gasteiger partial charge in [-0.3, -0.25) is 4.79 Å². The maximum atomic E-state index is 12.4. The first-order chi connectivity index (χ1) is 12.0. The molecule has 0 saturated heterocycles. The van der Waals surface area contributed by atoms with Gasteiger partial charge in [0, 0.05) is 28.2 Å². The molecule has 0 aromatic heterocycles. The molecule has 0 spiro atoms. The van der Waals surface area contributed by atoms with E-state index in [1.165, 1.54) is 0 Å². The molecule has 0 saturated carbocycles. The van der Waals surface area contributed by atoms with Crippen LogP contribution in [0.5, 0.6) is 0 Å². The number of hydrogen-bond donors (Lipinski definition) is 1. The SMILES string of the molecule is CC(C)Sc1ccccc1C(=O)NCCSCc1ccc(Cl)c(Cl)c1. The molecule has 1 amide bonds.